The number of furan rings is 2. The fourth-order valence-corrected chi connectivity index (χ4v) is 3.92. The van der Waals surface area contributed by atoms with Gasteiger partial charge in [-0.2, -0.15) is 0 Å². The number of aromatic nitrogens is 1. The zero-order valence-electron chi connectivity index (χ0n) is 19.6. The molecule has 0 aliphatic heterocycles. The fourth-order valence-electron chi connectivity index (χ4n) is 3.92. The Morgan fingerprint density at radius 3 is 2.71 bits per heavy atom. The van der Waals surface area contributed by atoms with Gasteiger partial charge in [-0.15, -0.1) is 0 Å². The molecule has 0 bridgehead atoms. The molecule has 8 nitrogen and oxygen atoms in total. The summed E-state index contributed by atoms with van der Waals surface area (Å²) in [5, 5.41) is 13.6. The summed E-state index contributed by atoms with van der Waals surface area (Å²) in [5.74, 6) is 0.875. The average molecular weight is 464 g/mol. The third kappa shape index (κ3) is 5.47. The van der Waals surface area contributed by atoms with Crippen LogP contribution in [0.25, 0.3) is 11.1 Å². The Morgan fingerprint density at radius 1 is 1.24 bits per heavy atom. The minimum absolute atomic E-state index is 0.00969. The zero-order valence-corrected chi connectivity index (χ0v) is 19.6. The molecule has 0 spiro atoms. The molecule has 0 fully saturated rings. The van der Waals surface area contributed by atoms with E-state index in [1.54, 1.807) is 36.0 Å². The van der Waals surface area contributed by atoms with Crippen LogP contribution in [0.3, 0.4) is 0 Å². The molecular weight excluding hydrogens is 434 g/mol. The fraction of sp³-hybridized carbons (Fsp3) is 0.308. The Morgan fingerprint density at radius 2 is 2.00 bits per heavy atom. The van der Waals surface area contributed by atoms with Gasteiger partial charge < -0.3 is 23.8 Å². The molecule has 34 heavy (non-hydrogen) atoms. The molecule has 4 rings (SSSR count). The van der Waals surface area contributed by atoms with Gasteiger partial charge in [0.2, 0.25) is 11.6 Å². The molecule has 4 aromatic rings. The second kappa shape index (κ2) is 10.1. The Hall–Kier alpha value is -3.62. The van der Waals surface area contributed by atoms with Crippen molar-refractivity contribution >= 4 is 17.0 Å². The maximum Gasteiger partial charge on any atom is 0.224 e. The lowest BCUT2D eigenvalue weighted by Crippen LogP contribution is -2.27. The number of nitrogens with zero attached hydrogens (tertiary/aromatic N) is 2. The molecule has 0 saturated heterocycles. The highest BCUT2D eigenvalue weighted by molar-refractivity contribution is 5.81. The summed E-state index contributed by atoms with van der Waals surface area (Å²) in [6.45, 7) is 3.16. The second-order valence-corrected chi connectivity index (χ2v) is 8.69. The van der Waals surface area contributed by atoms with Gasteiger partial charge in [-0.25, -0.2) is 0 Å². The third-order valence-corrected chi connectivity index (χ3v) is 5.71. The van der Waals surface area contributed by atoms with Crippen molar-refractivity contribution in [3.63, 3.8) is 0 Å². The van der Waals surface area contributed by atoms with Gasteiger partial charge in [0, 0.05) is 31.9 Å². The van der Waals surface area contributed by atoms with E-state index < -0.39 is 6.10 Å². The van der Waals surface area contributed by atoms with Crippen molar-refractivity contribution in [2.75, 3.05) is 13.6 Å². The van der Waals surface area contributed by atoms with Gasteiger partial charge in [-0.3, -0.25) is 14.5 Å². The molecular formula is C26H29N3O5. The van der Waals surface area contributed by atoms with E-state index in [2.05, 4.69) is 5.32 Å². The van der Waals surface area contributed by atoms with Gasteiger partial charge in [0.15, 0.2) is 5.43 Å². The minimum atomic E-state index is -0.763. The van der Waals surface area contributed by atoms with Crippen LogP contribution in [0.5, 0.6) is 0 Å². The summed E-state index contributed by atoms with van der Waals surface area (Å²) in [5.41, 5.74) is 2.80. The molecule has 3 aromatic heterocycles. The number of fused-ring (bicyclic) bond motifs is 1. The lowest BCUT2D eigenvalue weighted by Gasteiger charge is -2.18. The van der Waals surface area contributed by atoms with E-state index in [1.165, 1.54) is 6.26 Å². The first kappa shape index (κ1) is 23.5. The van der Waals surface area contributed by atoms with Crippen LogP contribution in [0.2, 0.25) is 0 Å². The highest BCUT2D eigenvalue weighted by atomic mass is 16.4. The maximum atomic E-state index is 13.0. The Labute approximate surface area is 197 Å². The smallest absolute Gasteiger partial charge is 0.224 e. The first-order chi connectivity index (χ1) is 16.3. The predicted octanol–water partition coefficient (Wildman–Crippen LogP) is 3.06. The molecule has 8 heteroatoms. The molecule has 178 valence electrons. The number of carbonyl (C=O) groups is 1. The van der Waals surface area contributed by atoms with Crippen LogP contribution in [0.15, 0.2) is 68.6 Å². The van der Waals surface area contributed by atoms with E-state index in [-0.39, 0.29) is 17.8 Å². The number of hydrogen-bond acceptors (Lipinski definition) is 6. The van der Waals surface area contributed by atoms with E-state index in [0.29, 0.717) is 47.8 Å². The summed E-state index contributed by atoms with van der Waals surface area (Å²) in [6, 6.07) is 13.1. The molecule has 3 heterocycles. The lowest BCUT2D eigenvalue weighted by atomic mass is 10.1. The second-order valence-electron chi connectivity index (χ2n) is 8.69. The number of aryl methyl sites for hydroxylation is 2. The van der Waals surface area contributed by atoms with E-state index >= 15 is 0 Å². The summed E-state index contributed by atoms with van der Waals surface area (Å²) in [6.07, 6.45) is 2.40. The van der Waals surface area contributed by atoms with Gasteiger partial charge in [-0.1, -0.05) is 29.8 Å². The van der Waals surface area contributed by atoms with Crippen molar-refractivity contribution in [3.8, 4) is 0 Å². The van der Waals surface area contributed by atoms with Crippen molar-refractivity contribution < 1.29 is 18.7 Å². The van der Waals surface area contributed by atoms with Gasteiger partial charge >= 0.3 is 0 Å². The number of nitrogens with one attached hydrogen (secondary N) is 1. The van der Waals surface area contributed by atoms with E-state index in [1.807, 2.05) is 43.1 Å². The van der Waals surface area contributed by atoms with Crippen molar-refractivity contribution in [3.05, 3.63) is 93.4 Å². The van der Waals surface area contributed by atoms with Gasteiger partial charge in [0.1, 0.15) is 17.6 Å². The number of rotatable bonds is 9. The molecule has 0 saturated carbocycles. The Balaban J connectivity index is 1.43. The number of pyridine rings is 1. The molecule has 1 amide bonds. The van der Waals surface area contributed by atoms with Crippen LogP contribution in [0.4, 0.5) is 0 Å². The van der Waals surface area contributed by atoms with E-state index in [0.717, 1.165) is 11.1 Å². The lowest BCUT2D eigenvalue weighted by molar-refractivity contribution is -0.120. The zero-order chi connectivity index (χ0) is 24.2. The van der Waals surface area contributed by atoms with E-state index in [4.69, 9.17) is 8.83 Å². The number of amides is 1. The van der Waals surface area contributed by atoms with Gasteiger partial charge in [0.25, 0.3) is 0 Å². The molecule has 0 unspecified atom stereocenters. The average Bonchev–Trinajstić information content (AvgIpc) is 3.47. The van der Waals surface area contributed by atoms with Crippen molar-refractivity contribution in [2.24, 2.45) is 7.05 Å². The number of aliphatic hydroxyl groups is 1. The first-order valence-corrected chi connectivity index (χ1v) is 11.1. The van der Waals surface area contributed by atoms with Crippen molar-refractivity contribution in [1.29, 1.82) is 0 Å². The highest BCUT2D eigenvalue weighted by Gasteiger charge is 2.18. The predicted molar refractivity (Wildman–Crippen MR) is 128 cm³/mol. The minimum Gasteiger partial charge on any atom is -0.467 e. The Bertz CT molecular complexity index is 1320. The first-order valence-electron chi connectivity index (χ1n) is 11.1. The monoisotopic (exact) mass is 463 g/mol. The van der Waals surface area contributed by atoms with Crippen molar-refractivity contribution in [1.82, 2.24) is 14.8 Å². The largest absolute Gasteiger partial charge is 0.467 e. The number of likely N-dealkylation sites (N-methyl/N-ethyl adjacent to an activating group) is 1. The van der Waals surface area contributed by atoms with Crippen LogP contribution in [0.1, 0.15) is 34.3 Å². The number of aliphatic hydroxyl groups excluding tert-OH is 1. The number of hydrogen-bond donors (Lipinski definition) is 2. The highest BCUT2D eigenvalue weighted by Crippen LogP contribution is 2.20. The van der Waals surface area contributed by atoms with Crippen LogP contribution in [0, 0.1) is 6.92 Å². The molecule has 0 radical (unpaired) electrons. The SMILES string of the molecule is Cc1ccc(CNC(=O)Cc2cn(C)c3oc(CN(C)C[C@@H](O)c4ccco4)cc3c2=O)cc1. The molecule has 1 aromatic carbocycles. The summed E-state index contributed by atoms with van der Waals surface area (Å²) in [4.78, 5) is 27.4. The van der Waals surface area contributed by atoms with Crippen LogP contribution in [-0.4, -0.2) is 34.1 Å². The normalized spacial score (nSPS) is 12.4. The summed E-state index contributed by atoms with van der Waals surface area (Å²) in [7, 11) is 3.63. The summed E-state index contributed by atoms with van der Waals surface area (Å²) < 4.78 is 12.9. The topological polar surface area (TPSA) is 101 Å². The molecule has 2 N–H and O–H groups in total. The molecule has 0 aliphatic carbocycles. The Kier molecular flexibility index (Phi) is 7.00. The maximum absolute atomic E-state index is 13.0. The molecule has 0 aliphatic rings. The molecule has 1 atom stereocenters. The van der Waals surface area contributed by atoms with Gasteiger partial charge in [-0.05, 0) is 37.7 Å². The van der Waals surface area contributed by atoms with Crippen LogP contribution < -0.4 is 10.7 Å². The third-order valence-electron chi connectivity index (χ3n) is 5.71. The number of benzene rings is 1. The quantitative estimate of drug-likeness (QED) is 0.396. The number of carbonyl (C=O) groups excluding carboxylic acids is 1. The standard InChI is InChI=1S/C26H29N3O5/c1-17-6-8-18(9-7-17)13-27-24(31)11-19-14-29(3)26-21(25(19)32)12-20(34-26)15-28(2)16-22(30)23-5-4-10-33-23/h4-10,12,14,22,30H,11,13,15-16H2,1-3H3,(H,27,31)/t22-/m1/s1. The van der Waals surface area contributed by atoms with Crippen LogP contribution in [-0.2, 0) is 31.4 Å². The van der Waals surface area contributed by atoms with Crippen molar-refractivity contribution in [2.45, 2.75) is 32.5 Å². The van der Waals surface area contributed by atoms with Crippen LogP contribution >= 0.6 is 0 Å². The van der Waals surface area contributed by atoms with E-state index in [9.17, 15) is 14.7 Å². The summed E-state index contributed by atoms with van der Waals surface area (Å²) >= 11 is 0. The van der Waals surface area contributed by atoms with Gasteiger partial charge in [0.05, 0.1) is 24.6 Å².